The van der Waals surface area contributed by atoms with Crippen LogP contribution in [0.3, 0.4) is 0 Å². The maximum absolute atomic E-state index is 11.9. The first-order valence-corrected chi connectivity index (χ1v) is 5.89. The van der Waals surface area contributed by atoms with E-state index in [9.17, 15) is 13.2 Å². The molecule has 0 saturated carbocycles. The number of nitriles is 2. The summed E-state index contributed by atoms with van der Waals surface area (Å²) in [6.45, 7) is -0.964. The zero-order valence-corrected chi connectivity index (χ0v) is 9.44. The Morgan fingerprint density at radius 2 is 1.88 bits per heavy atom. The van der Waals surface area contributed by atoms with Crippen molar-refractivity contribution in [2.75, 3.05) is 13.1 Å². The van der Waals surface area contributed by atoms with Crippen LogP contribution in [0.4, 0.5) is 0 Å². The zero-order chi connectivity index (χ0) is 12.9. The molecule has 1 aromatic rings. The van der Waals surface area contributed by atoms with Crippen LogP contribution in [0.2, 0.25) is 0 Å². The molecule has 0 aliphatic carbocycles. The van der Waals surface area contributed by atoms with E-state index < -0.39 is 33.4 Å². The number of nitrogens with one attached hydrogen (secondary N) is 1. The molecule has 0 unspecified atom stereocenters. The number of nitrogens with zero attached hydrogens (tertiary/aromatic N) is 3. The van der Waals surface area contributed by atoms with Crippen molar-refractivity contribution in [2.24, 2.45) is 0 Å². The summed E-state index contributed by atoms with van der Waals surface area (Å²) < 4.78 is 24.5. The number of sulfonamides is 1. The standard InChI is InChI=1S/C9H8N4O3S/c10-2-5-13(6-3-11)17(15,16)9-7-12-4-1-8(9)14/h1,4,7H,5-6H2,(H,12,14). The average Bonchev–Trinajstić information content (AvgIpc) is 2.29. The van der Waals surface area contributed by atoms with Crippen LogP contribution >= 0.6 is 0 Å². The molecule has 0 atom stereocenters. The van der Waals surface area contributed by atoms with Crippen molar-refractivity contribution in [3.8, 4) is 12.1 Å². The fourth-order valence-corrected chi connectivity index (χ4v) is 2.40. The third-order valence-electron chi connectivity index (χ3n) is 1.90. The van der Waals surface area contributed by atoms with E-state index in [4.69, 9.17) is 10.5 Å². The number of aromatic amines is 1. The van der Waals surface area contributed by atoms with Gasteiger partial charge in [0.1, 0.15) is 18.0 Å². The molecule has 88 valence electrons. The van der Waals surface area contributed by atoms with Crippen LogP contribution in [0.25, 0.3) is 0 Å². The summed E-state index contributed by atoms with van der Waals surface area (Å²) in [5, 5.41) is 17.0. The summed E-state index contributed by atoms with van der Waals surface area (Å²) >= 11 is 0. The van der Waals surface area contributed by atoms with Crippen LogP contribution in [-0.2, 0) is 10.0 Å². The van der Waals surface area contributed by atoms with Gasteiger partial charge in [-0.1, -0.05) is 0 Å². The molecule has 7 nitrogen and oxygen atoms in total. The van der Waals surface area contributed by atoms with Crippen molar-refractivity contribution in [2.45, 2.75) is 4.90 Å². The Morgan fingerprint density at radius 3 is 2.35 bits per heavy atom. The molecule has 17 heavy (non-hydrogen) atoms. The van der Waals surface area contributed by atoms with E-state index in [1.54, 1.807) is 12.1 Å². The maximum Gasteiger partial charge on any atom is 0.250 e. The normalized spacial score (nSPS) is 10.8. The predicted octanol–water partition coefficient (Wildman–Crippen LogP) is -0.587. The predicted molar refractivity (Wildman–Crippen MR) is 57.0 cm³/mol. The minimum absolute atomic E-state index is 0.481. The van der Waals surface area contributed by atoms with Gasteiger partial charge in [-0.2, -0.15) is 14.8 Å². The largest absolute Gasteiger partial charge is 0.366 e. The number of hydrogen-bond acceptors (Lipinski definition) is 5. The summed E-state index contributed by atoms with van der Waals surface area (Å²) in [6, 6.07) is 4.32. The zero-order valence-electron chi connectivity index (χ0n) is 8.62. The van der Waals surface area contributed by atoms with Crippen molar-refractivity contribution < 1.29 is 8.42 Å². The molecule has 0 spiro atoms. The molecule has 1 aromatic heterocycles. The number of rotatable bonds is 4. The summed E-state index contributed by atoms with van der Waals surface area (Å²) in [5.74, 6) is 0. The minimum Gasteiger partial charge on any atom is -0.366 e. The third-order valence-corrected chi connectivity index (χ3v) is 3.71. The van der Waals surface area contributed by atoms with E-state index in [1.807, 2.05) is 0 Å². The van der Waals surface area contributed by atoms with Gasteiger partial charge < -0.3 is 4.98 Å². The highest BCUT2D eigenvalue weighted by atomic mass is 32.2. The summed E-state index contributed by atoms with van der Waals surface area (Å²) in [5.41, 5.74) is -0.690. The van der Waals surface area contributed by atoms with E-state index in [1.165, 1.54) is 6.20 Å². The number of H-pyrrole nitrogens is 1. The second-order valence-corrected chi connectivity index (χ2v) is 4.87. The summed E-state index contributed by atoms with van der Waals surface area (Å²) in [4.78, 5) is 13.4. The molecular formula is C9H8N4O3S. The van der Waals surface area contributed by atoms with Gasteiger partial charge in [0.05, 0.1) is 12.1 Å². The van der Waals surface area contributed by atoms with Crippen molar-refractivity contribution in [1.82, 2.24) is 9.29 Å². The number of aromatic nitrogens is 1. The van der Waals surface area contributed by atoms with E-state index in [0.717, 1.165) is 12.3 Å². The quantitative estimate of drug-likeness (QED) is 0.719. The Bertz CT molecular complexity index is 619. The van der Waals surface area contributed by atoms with E-state index in [2.05, 4.69) is 4.98 Å². The van der Waals surface area contributed by atoms with Gasteiger partial charge in [-0.15, -0.1) is 0 Å². The van der Waals surface area contributed by atoms with Gasteiger partial charge in [0.2, 0.25) is 15.5 Å². The lowest BCUT2D eigenvalue weighted by Gasteiger charge is -2.14. The molecular weight excluding hydrogens is 244 g/mol. The van der Waals surface area contributed by atoms with Crippen LogP contribution < -0.4 is 5.43 Å². The molecule has 1 rings (SSSR count). The molecule has 0 saturated heterocycles. The van der Waals surface area contributed by atoms with Crippen molar-refractivity contribution in [3.05, 3.63) is 28.7 Å². The molecule has 0 fully saturated rings. The Balaban J connectivity index is 3.28. The fraction of sp³-hybridized carbons (Fsp3) is 0.222. The molecule has 0 bridgehead atoms. The molecule has 0 amide bonds. The van der Waals surface area contributed by atoms with Gasteiger partial charge in [0, 0.05) is 18.5 Å². The SMILES string of the molecule is N#CCN(CC#N)S(=O)(=O)c1c[nH]ccc1=O. The molecule has 1 heterocycles. The highest BCUT2D eigenvalue weighted by Crippen LogP contribution is 2.09. The average molecular weight is 252 g/mol. The summed E-state index contributed by atoms with van der Waals surface area (Å²) in [7, 11) is -4.11. The lowest BCUT2D eigenvalue weighted by atomic mass is 10.5. The Kier molecular flexibility index (Phi) is 3.99. The molecule has 0 aliphatic rings. The van der Waals surface area contributed by atoms with Crippen LogP contribution in [0.15, 0.2) is 28.2 Å². The Hall–Kier alpha value is -2.16. The van der Waals surface area contributed by atoms with E-state index in [0.29, 0.717) is 4.31 Å². The molecule has 1 N–H and O–H groups in total. The maximum atomic E-state index is 11.9. The second-order valence-electron chi connectivity index (χ2n) is 2.96. The van der Waals surface area contributed by atoms with Crippen LogP contribution in [0, 0.1) is 22.7 Å². The van der Waals surface area contributed by atoms with Gasteiger partial charge in [-0.25, -0.2) is 8.42 Å². The van der Waals surface area contributed by atoms with Gasteiger partial charge in [-0.3, -0.25) is 4.79 Å². The summed E-state index contributed by atoms with van der Waals surface area (Å²) in [6.07, 6.45) is 2.32. The highest BCUT2D eigenvalue weighted by Gasteiger charge is 2.26. The van der Waals surface area contributed by atoms with Gasteiger partial charge in [0.15, 0.2) is 0 Å². The Morgan fingerprint density at radius 1 is 1.29 bits per heavy atom. The smallest absolute Gasteiger partial charge is 0.250 e. The van der Waals surface area contributed by atoms with Gasteiger partial charge in [0.25, 0.3) is 0 Å². The van der Waals surface area contributed by atoms with E-state index >= 15 is 0 Å². The topological polar surface area (TPSA) is 118 Å². The first-order valence-electron chi connectivity index (χ1n) is 4.45. The first kappa shape index (κ1) is 12.9. The number of pyridine rings is 1. The van der Waals surface area contributed by atoms with Crippen LogP contribution in [-0.4, -0.2) is 30.8 Å². The molecule has 8 heteroatoms. The third kappa shape index (κ3) is 2.69. The minimum atomic E-state index is -4.11. The van der Waals surface area contributed by atoms with Crippen molar-refractivity contribution in [3.63, 3.8) is 0 Å². The molecule has 0 radical (unpaired) electrons. The van der Waals surface area contributed by atoms with Crippen LogP contribution in [0.5, 0.6) is 0 Å². The van der Waals surface area contributed by atoms with Crippen LogP contribution in [0.1, 0.15) is 0 Å². The number of hydrogen-bond donors (Lipinski definition) is 1. The highest BCUT2D eigenvalue weighted by molar-refractivity contribution is 7.89. The molecule has 0 aromatic carbocycles. The lowest BCUT2D eigenvalue weighted by Crippen LogP contribution is -2.34. The Labute approximate surface area is 97.6 Å². The first-order chi connectivity index (χ1) is 8.04. The van der Waals surface area contributed by atoms with Crippen molar-refractivity contribution >= 4 is 10.0 Å². The van der Waals surface area contributed by atoms with Gasteiger partial charge in [-0.05, 0) is 0 Å². The fourth-order valence-electron chi connectivity index (χ4n) is 1.13. The van der Waals surface area contributed by atoms with E-state index in [-0.39, 0.29) is 0 Å². The second kappa shape index (κ2) is 5.25. The lowest BCUT2D eigenvalue weighted by molar-refractivity contribution is 0.478. The monoisotopic (exact) mass is 252 g/mol. The van der Waals surface area contributed by atoms with Crippen molar-refractivity contribution in [1.29, 1.82) is 10.5 Å². The van der Waals surface area contributed by atoms with Gasteiger partial charge >= 0.3 is 0 Å². The molecule has 0 aliphatic heterocycles.